The highest BCUT2D eigenvalue weighted by Gasteiger charge is 2.19. The Labute approximate surface area is 106 Å². The Morgan fingerprint density at radius 3 is 2.72 bits per heavy atom. The molecule has 5 heteroatoms. The normalized spacial score (nSPS) is 10.1. The second kappa shape index (κ2) is 6.74. The van der Waals surface area contributed by atoms with Crippen LogP contribution in [0.15, 0.2) is 18.2 Å². The van der Waals surface area contributed by atoms with Crippen LogP contribution in [-0.2, 0) is 0 Å². The van der Waals surface area contributed by atoms with Gasteiger partial charge < -0.3 is 5.32 Å². The van der Waals surface area contributed by atoms with Gasteiger partial charge in [-0.25, -0.2) is 0 Å². The van der Waals surface area contributed by atoms with E-state index in [0.29, 0.717) is 6.54 Å². The van der Waals surface area contributed by atoms with Crippen LogP contribution in [0, 0.1) is 17.0 Å². The molecule has 18 heavy (non-hydrogen) atoms. The summed E-state index contributed by atoms with van der Waals surface area (Å²) in [7, 11) is 0. The molecule has 0 atom stereocenters. The van der Waals surface area contributed by atoms with E-state index in [-0.39, 0.29) is 17.2 Å². The molecule has 0 bridgehead atoms. The van der Waals surface area contributed by atoms with E-state index in [1.807, 2.05) is 0 Å². The fraction of sp³-hybridized carbons (Fsp3) is 0.462. The summed E-state index contributed by atoms with van der Waals surface area (Å²) in [6.07, 6.45) is 3.00. The van der Waals surface area contributed by atoms with E-state index in [0.717, 1.165) is 24.8 Å². The number of unbranched alkanes of at least 4 members (excludes halogenated alkanes) is 2. The molecule has 1 aromatic carbocycles. The van der Waals surface area contributed by atoms with Crippen LogP contribution in [0.2, 0.25) is 0 Å². The fourth-order valence-electron chi connectivity index (χ4n) is 1.66. The van der Waals surface area contributed by atoms with Crippen LogP contribution in [0.25, 0.3) is 0 Å². The average molecular weight is 250 g/mol. The Morgan fingerprint density at radius 2 is 2.11 bits per heavy atom. The number of nitrogens with zero attached hydrogens (tertiary/aromatic N) is 1. The van der Waals surface area contributed by atoms with Crippen LogP contribution in [0.3, 0.4) is 0 Å². The zero-order valence-corrected chi connectivity index (χ0v) is 10.7. The van der Waals surface area contributed by atoms with Gasteiger partial charge in [-0.1, -0.05) is 25.8 Å². The van der Waals surface area contributed by atoms with E-state index in [2.05, 4.69) is 12.2 Å². The summed E-state index contributed by atoms with van der Waals surface area (Å²) in [4.78, 5) is 22.2. The minimum Gasteiger partial charge on any atom is -0.352 e. The summed E-state index contributed by atoms with van der Waals surface area (Å²) in [6, 6.07) is 4.55. The molecular formula is C13H18N2O3. The number of carbonyl (C=O) groups is 1. The Bertz CT molecular complexity index is 444. The van der Waals surface area contributed by atoms with Gasteiger partial charge in [0.05, 0.1) is 4.92 Å². The lowest BCUT2D eigenvalue weighted by Gasteiger charge is -2.06. The molecule has 0 spiro atoms. The lowest BCUT2D eigenvalue weighted by molar-refractivity contribution is -0.385. The summed E-state index contributed by atoms with van der Waals surface area (Å²) in [5.41, 5.74) is 0.824. The molecule has 0 aliphatic carbocycles. The average Bonchev–Trinajstić information content (AvgIpc) is 2.34. The van der Waals surface area contributed by atoms with E-state index in [9.17, 15) is 14.9 Å². The number of benzene rings is 1. The van der Waals surface area contributed by atoms with E-state index < -0.39 is 4.92 Å². The molecule has 0 saturated carbocycles. The van der Waals surface area contributed by atoms with Gasteiger partial charge in [0.2, 0.25) is 0 Å². The van der Waals surface area contributed by atoms with Gasteiger partial charge in [-0.15, -0.1) is 0 Å². The zero-order chi connectivity index (χ0) is 13.5. The SMILES string of the molecule is CCCCCNC(=O)c1cc(C)ccc1[N+](=O)[O-]. The van der Waals surface area contributed by atoms with Gasteiger partial charge in [-0.3, -0.25) is 14.9 Å². The van der Waals surface area contributed by atoms with Gasteiger partial charge in [0.1, 0.15) is 5.56 Å². The fourth-order valence-corrected chi connectivity index (χ4v) is 1.66. The van der Waals surface area contributed by atoms with E-state index in [4.69, 9.17) is 0 Å². The first kappa shape index (κ1) is 14.2. The summed E-state index contributed by atoms with van der Waals surface area (Å²) >= 11 is 0. The molecule has 0 radical (unpaired) electrons. The molecule has 0 aliphatic rings. The van der Waals surface area contributed by atoms with Crippen molar-refractivity contribution in [2.24, 2.45) is 0 Å². The van der Waals surface area contributed by atoms with E-state index in [1.54, 1.807) is 19.1 Å². The molecule has 1 N–H and O–H groups in total. The summed E-state index contributed by atoms with van der Waals surface area (Å²) in [5.74, 6) is -0.374. The predicted octanol–water partition coefficient (Wildman–Crippen LogP) is 2.82. The number of rotatable bonds is 6. The number of hydrogen-bond donors (Lipinski definition) is 1. The maximum atomic E-state index is 11.9. The first-order valence-corrected chi connectivity index (χ1v) is 6.09. The lowest BCUT2D eigenvalue weighted by Crippen LogP contribution is -2.25. The molecule has 0 unspecified atom stereocenters. The van der Waals surface area contributed by atoms with Gasteiger partial charge >= 0.3 is 0 Å². The van der Waals surface area contributed by atoms with Crippen molar-refractivity contribution in [2.75, 3.05) is 6.54 Å². The van der Waals surface area contributed by atoms with Crippen molar-refractivity contribution in [3.63, 3.8) is 0 Å². The van der Waals surface area contributed by atoms with Gasteiger partial charge in [0.25, 0.3) is 11.6 Å². The molecule has 1 amide bonds. The van der Waals surface area contributed by atoms with Crippen molar-refractivity contribution in [1.82, 2.24) is 5.32 Å². The third-order valence-corrected chi connectivity index (χ3v) is 2.66. The first-order valence-electron chi connectivity index (χ1n) is 6.09. The van der Waals surface area contributed by atoms with Crippen molar-refractivity contribution >= 4 is 11.6 Å². The summed E-state index contributed by atoms with van der Waals surface area (Å²) in [6.45, 7) is 4.43. The molecule has 5 nitrogen and oxygen atoms in total. The summed E-state index contributed by atoms with van der Waals surface area (Å²) in [5, 5.41) is 13.6. The largest absolute Gasteiger partial charge is 0.352 e. The Balaban J connectivity index is 2.77. The number of amides is 1. The highest BCUT2D eigenvalue weighted by molar-refractivity contribution is 5.98. The number of nitrogens with one attached hydrogen (secondary N) is 1. The number of hydrogen-bond acceptors (Lipinski definition) is 3. The van der Waals surface area contributed by atoms with Crippen LogP contribution in [0.5, 0.6) is 0 Å². The number of aryl methyl sites for hydroxylation is 1. The molecule has 0 aromatic heterocycles. The van der Waals surface area contributed by atoms with Crippen molar-refractivity contribution in [1.29, 1.82) is 0 Å². The molecule has 0 aliphatic heterocycles. The number of nitro benzene ring substituents is 1. The van der Waals surface area contributed by atoms with E-state index >= 15 is 0 Å². The maximum absolute atomic E-state index is 11.9. The quantitative estimate of drug-likeness (QED) is 0.479. The number of carbonyl (C=O) groups excluding carboxylic acids is 1. The van der Waals surface area contributed by atoms with Crippen molar-refractivity contribution in [3.05, 3.63) is 39.4 Å². The lowest BCUT2D eigenvalue weighted by atomic mass is 10.1. The topological polar surface area (TPSA) is 72.2 Å². The van der Waals surface area contributed by atoms with Gasteiger partial charge in [0.15, 0.2) is 0 Å². The Hall–Kier alpha value is -1.91. The van der Waals surface area contributed by atoms with Gasteiger partial charge in [-0.05, 0) is 25.0 Å². The molecule has 1 aromatic rings. The highest BCUT2D eigenvalue weighted by Crippen LogP contribution is 2.19. The molecule has 0 fully saturated rings. The first-order chi connectivity index (χ1) is 8.56. The zero-order valence-electron chi connectivity index (χ0n) is 10.7. The molecule has 0 heterocycles. The summed E-state index contributed by atoms with van der Waals surface area (Å²) < 4.78 is 0. The second-order valence-electron chi connectivity index (χ2n) is 4.24. The highest BCUT2D eigenvalue weighted by atomic mass is 16.6. The Morgan fingerprint density at radius 1 is 1.39 bits per heavy atom. The van der Waals surface area contributed by atoms with Crippen molar-refractivity contribution < 1.29 is 9.72 Å². The van der Waals surface area contributed by atoms with Crippen LogP contribution >= 0.6 is 0 Å². The minimum absolute atomic E-state index is 0.136. The molecule has 98 valence electrons. The van der Waals surface area contributed by atoms with E-state index in [1.165, 1.54) is 6.07 Å². The smallest absolute Gasteiger partial charge is 0.282 e. The standard InChI is InChI=1S/C13H18N2O3/c1-3-4-5-8-14-13(16)11-9-10(2)6-7-12(11)15(17)18/h6-7,9H,3-5,8H2,1-2H3,(H,14,16). The molecule has 0 saturated heterocycles. The third kappa shape index (κ3) is 3.84. The third-order valence-electron chi connectivity index (χ3n) is 2.66. The number of nitro groups is 1. The van der Waals surface area contributed by atoms with Crippen LogP contribution in [-0.4, -0.2) is 17.4 Å². The molecular weight excluding hydrogens is 232 g/mol. The van der Waals surface area contributed by atoms with Crippen LogP contribution in [0.4, 0.5) is 5.69 Å². The van der Waals surface area contributed by atoms with Gasteiger partial charge in [-0.2, -0.15) is 0 Å². The monoisotopic (exact) mass is 250 g/mol. The van der Waals surface area contributed by atoms with Gasteiger partial charge in [0, 0.05) is 12.6 Å². The maximum Gasteiger partial charge on any atom is 0.282 e. The minimum atomic E-state index is -0.527. The van der Waals surface area contributed by atoms with Crippen LogP contribution < -0.4 is 5.32 Å². The van der Waals surface area contributed by atoms with Crippen LogP contribution in [0.1, 0.15) is 42.1 Å². The van der Waals surface area contributed by atoms with Crippen molar-refractivity contribution in [2.45, 2.75) is 33.1 Å². The van der Waals surface area contributed by atoms with Crippen molar-refractivity contribution in [3.8, 4) is 0 Å². The Kier molecular flexibility index (Phi) is 5.30. The molecule has 1 rings (SSSR count). The predicted molar refractivity (Wildman–Crippen MR) is 69.7 cm³/mol. The second-order valence-corrected chi connectivity index (χ2v) is 4.24.